The summed E-state index contributed by atoms with van der Waals surface area (Å²) >= 11 is 0. The Labute approximate surface area is 154 Å². The molecule has 0 radical (unpaired) electrons. The number of rotatable bonds is 5. The lowest BCUT2D eigenvalue weighted by molar-refractivity contribution is 0.102. The molecular weight excluding hydrogens is 352 g/mol. The number of aromatic nitrogens is 2. The van der Waals surface area contributed by atoms with E-state index in [2.05, 4.69) is 20.6 Å². The molecule has 27 heavy (non-hydrogen) atoms. The molecule has 8 heteroatoms. The SMILES string of the molecule is CN(C)c1ccc(Nc2ncc(C(=O)Nc3ccc(F)c(F)c3)cn2)cc1. The molecule has 3 rings (SSSR count). The Hall–Kier alpha value is -3.55. The number of benzene rings is 2. The van der Waals surface area contributed by atoms with Crippen molar-refractivity contribution >= 4 is 28.9 Å². The smallest absolute Gasteiger partial charge is 0.258 e. The molecule has 0 aliphatic carbocycles. The van der Waals surface area contributed by atoms with Gasteiger partial charge in [-0.15, -0.1) is 0 Å². The van der Waals surface area contributed by atoms with Crippen LogP contribution in [0, 0.1) is 11.6 Å². The molecule has 1 aromatic heterocycles. The molecule has 0 spiro atoms. The number of carbonyl (C=O) groups excluding carboxylic acids is 1. The predicted molar refractivity (Wildman–Crippen MR) is 100 cm³/mol. The highest BCUT2D eigenvalue weighted by molar-refractivity contribution is 6.03. The molecule has 1 heterocycles. The first kappa shape index (κ1) is 18.2. The minimum Gasteiger partial charge on any atom is -0.378 e. The van der Waals surface area contributed by atoms with E-state index in [-0.39, 0.29) is 11.3 Å². The number of nitrogens with zero attached hydrogens (tertiary/aromatic N) is 3. The summed E-state index contributed by atoms with van der Waals surface area (Å²) in [5.74, 6) is -2.21. The molecule has 0 saturated heterocycles. The summed E-state index contributed by atoms with van der Waals surface area (Å²) in [6, 6.07) is 10.8. The van der Waals surface area contributed by atoms with Gasteiger partial charge in [-0.3, -0.25) is 4.79 Å². The second-order valence-corrected chi connectivity index (χ2v) is 5.94. The zero-order valence-corrected chi connectivity index (χ0v) is 14.7. The van der Waals surface area contributed by atoms with Crippen molar-refractivity contribution in [2.75, 3.05) is 29.6 Å². The van der Waals surface area contributed by atoms with Crippen LogP contribution >= 0.6 is 0 Å². The lowest BCUT2D eigenvalue weighted by Gasteiger charge is -2.13. The van der Waals surface area contributed by atoms with Gasteiger partial charge in [0.25, 0.3) is 5.91 Å². The first-order chi connectivity index (χ1) is 12.9. The van der Waals surface area contributed by atoms with Crippen molar-refractivity contribution in [3.05, 3.63) is 72.1 Å². The maximum Gasteiger partial charge on any atom is 0.258 e. The van der Waals surface area contributed by atoms with Crippen LogP contribution in [0.1, 0.15) is 10.4 Å². The Balaban J connectivity index is 1.65. The van der Waals surface area contributed by atoms with E-state index in [1.54, 1.807) is 0 Å². The topological polar surface area (TPSA) is 70.2 Å². The zero-order chi connectivity index (χ0) is 19.4. The predicted octanol–water partition coefficient (Wildman–Crippen LogP) is 3.82. The van der Waals surface area contributed by atoms with Crippen LogP contribution < -0.4 is 15.5 Å². The highest BCUT2D eigenvalue weighted by Gasteiger charge is 2.10. The summed E-state index contributed by atoms with van der Waals surface area (Å²) in [6.45, 7) is 0. The summed E-state index contributed by atoms with van der Waals surface area (Å²) in [4.78, 5) is 22.3. The van der Waals surface area contributed by atoms with Gasteiger partial charge in [-0.1, -0.05) is 0 Å². The van der Waals surface area contributed by atoms with Crippen LogP contribution in [0.4, 0.5) is 31.8 Å². The zero-order valence-electron chi connectivity index (χ0n) is 14.7. The second-order valence-electron chi connectivity index (χ2n) is 5.94. The van der Waals surface area contributed by atoms with Gasteiger partial charge in [0.05, 0.1) is 5.56 Å². The maximum absolute atomic E-state index is 13.2. The van der Waals surface area contributed by atoms with Crippen LogP contribution in [0.25, 0.3) is 0 Å². The molecule has 6 nitrogen and oxygen atoms in total. The van der Waals surface area contributed by atoms with E-state index in [0.717, 1.165) is 23.5 Å². The molecule has 2 N–H and O–H groups in total. The summed E-state index contributed by atoms with van der Waals surface area (Å²) in [7, 11) is 3.91. The van der Waals surface area contributed by atoms with Gasteiger partial charge in [0.15, 0.2) is 11.6 Å². The van der Waals surface area contributed by atoms with E-state index >= 15 is 0 Å². The van der Waals surface area contributed by atoms with Crippen LogP contribution in [-0.4, -0.2) is 30.0 Å². The van der Waals surface area contributed by atoms with Crippen molar-refractivity contribution in [2.45, 2.75) is 0 Å². The van der Waals surface area contributed by atoms with Gasteiger partial charge in [0.2, 0.25) is 5.95 Å². The van der Waals surface area contributed by atoms with E-state index < -0.39 is 17.5 Å². The van der Waals surface area contributed by atoms with Crippen molar-refractivity contribution in [3.8, 4) is 0 Å². The van der Waals surface area contributed by atoms with Gasteiger partial charge in [0.1, 0.15) is 0 Å². The average Bonchev–Trinajstić information content (AvgIpc) is 2.66. The monoisotopic (exact) mass is 369 g/mol. The summed E-state index contributed by atoms with van der Waals surface area (Å²) in [6.07, 6.45) is 2.69. The Kier molecular flexibility index (Phi) is 5.25. The molecular formula is C19H17F2N5O. The van der Waals surface area contributed by atoms with Gasteiger partial charge in [-0.05, 0) is 36.4 Å². The summed E-state index contributed by atoms with van der Waals surface area (Å²) < 4.78 is 26.1. The largest absolute Gasteiger partial charge is 0.378 e. The highest BCUT2D eigenvalue weighted by atomic mass is 19.2. The number of carbonyl (C=O) groups is 1. The van der Waals surface area contributed by atoms with Crippen LogP contribution in [0.5, 0.6) is 0 Å². The molecule has 138 valence electrons. The fraction of sp³-hybridized carbons (Fsp3) is 0.105. The second kappa shape index (κ2) is 7.77. The fourth-order valence-corrected chi connectivity index (χ4v) is 2.26. The van der Waals surface area contributed by atoms with Crippen molar-refractivity contribution in [2.24, 2.45) is 0 Å². The van der Waals surface area contributed by atoms with Gasteiger partial charge in [0, 0.05) is 49.6 Å². The van der Waals surface area contributed by atoms with Gasteiger partial charge in [-0.25, -0.2) is 18.7 Å². The number of amides is 1. The van der Waals surface area contributed by atoms with Crippen molar-refractivity contribution in [3.63, 3.8) is 0 Å². The quantitative estimate of drug-likeness (QED) is 0.716. The van der Waals surface area contributed by atoms with Crippen LogP contribution in [0.3, 0.4) is 0 Å². The molecule has 3 aromatic rings. The number of halogens is 2. The van der Waals surface area contributed by atoms with Crippen LogP contribution in [0.2, 0.25) is 0 Å². The molecule has 2 aromatic carbocycles. The average molecular weight is 369 g/mol. The van der Waals surface area contributed by atoms with Gasteiger partial charge >= 0.3 is 0 Å². The third-order valence-corrected chi connectivity index (χ3v) is 3.73. The fourth-order valence-electron chi connectivity index (χ4n) is 2.26. The van der Waals surface area contributed by atoms with Crippen molar-refractivity contribution < 1.29 is 13.6 Å². The van der Waals surface area contributed by atoms with E-state index in [1.807, 2.05) is 43.3 Å². The Morgan fingerprint density at radius 1 is 0.926 bits per heavy atom. The summed E-state index contributed by atoms with van der Waals surface area (Å²) in [5, 5.41) is 5.50. The van der Waals surface area contributed by atoms with Gasteiger partial charge in [-0.2, -0.15) is 0 Å². The highest BCUT2D eigenvalue weighted by Crippen LogP contribution is 2.18. The Morgan fingerprint density at radius 3 is 2.15 bits per heavy atom. The number of hydrogen-bond donors (Lipinski definition) is 2. The summed E-state index contributed by atoms with van der Waals surface area (Å²) in [5.41, 5.74) is 2.20. The lowest BCUT2D eigenvalue weighted by Crippen LogP contribution is -2.13. The first-order valence-corrected chi connectivity index (χ1v) is 8.05. The van der Waals surface area contributed by atoms with Crippen LogP contribution in [-0.2, 0) is 0 Å². The Bertz CT molecular complexity index is 943. The van der Waals surface area contributed by atoms with E-state index in [1.165, 1.54) is 18.5 Å². The van der Waals surface area contributed by atoms with Gasteiger partial charge < -0.3 is 15.5 Å². The van der Waals surface area contributed by atoms with E-state index in [4.69, 9.17) is 0 Å². The third-order valence-electron chi connectivity index (χ3n) is 3.73. The normalized spacial score (nSPS) is 10.4. The van der Waals surface area contributed by atoms with Crippen LogP contribution in [0.15, 0.2) is 54.9 Å². The Morgan fingerprint density at radius 2 is 1.56 bits per heavy atom. The number of anilines is 4. The third kappa shape index (κ3) is 4.55. The molecule has 0 aliphatic heterocycles. The van der Waals surface area contributed by atoms with E-state index in [9.17, 15) is 13.6 Å². The van der Waals surface area contributed by atoms with Crippen molar-refractivity contribution in [1.29, 1.82) is 0 Å². The molecule has 0 unspecified atom stereocenters. The number of hydrogen-bond acceptors (Lipinski definition) is 5. The van der Waals surface area contributed by atoms with Crippen molar-refractivity contribution in [1.82, 2.24) is 9.97 Å². The molecule has 0 atom stereocenters. The molecule has 1 amide bonds. The number of nitrogens with one attached hydrogen (secondary N) is 2. The minimum absolute atomic E-state index is 0.141. The standard InChI is InChI=1S/C19H17F2N5O/c1-26(2)15-6-3-13(4-7-15)25-19-22-10-12(11-23-19)18(27)24-14-5-8-16(20)17(21)9-14/h3-11H,1-2H3,(H,24,27)(H,22,23,25). The molecule has 0 saturated carbocycles. The minimum atomic E-state index is -1.04. The first-order valence-electron chi connectivity index (χ1n) is 8.05. The molecule has 0 aliphatic rings. The lowest BCUT2D eigenvalue weighted by atomic mass is 10.2. The van der Waals surface area contributed by atoms with E-state index in [0.29, 0.717) is 5.95 Å². The maximum atomic E-state index is 13.2. The molecule has 0 fully saturated rings. The molecule has 0 bridgehead atoms.